The van der Waals surface area contributed by atoms with Crippen LogP contribution in [0.2, 0.25) is 0 Å². The minimum absolute atomic E-state index is 0.0386. The second kappa shape index (κ2) is 4.43. The van der Waals surface area contributed by atoms with Crippen molar-refractivity contribution in [3.63, 3.8) is 0 Å². The van der Waals surface area contributed by atoms with Crippen LogP contribution in [0, 0.1) is 20.2 Å². The lowest BCUT2D eigenvalue weighted by Crippen LogP contribution is -2.59. The van der Waals surface area contributed by atoms with Crippen molar-refractivity contribution in [3.8, 4) is 0 Å². The molecule has 0 heterocycles. The fraction of sp³-hybridized carbons (Fsp3) is 0.125. The molecule has 2 N–H and O–H groups in total. The van der Waals surface area contributed by atoms with Crippen LogP contribution in [-0.2, 0) is 4.79 Å². The topological polar surface area (TPSA) is 136 Å². The summed E-state index contributed by atoms with van der Waals surface area (Å²) in [4.78, 5) is 29.0. The van der Waals surface area contributed by atoms with Gasteiger partial charge in [0.2, 0.25) is 0 Å². The van der Waals surface area contributed by atoms with Crippen LogP contribution in [0.5, 0.6) is 0 Å². The Morgan fingerprint density at radius 1 is 1.18 bits per heavy atom. The molecule has 9 heteroatoms. The third-order valence-electron chi connectivity index (χ3n) is 1.92. The molecule has 0 fully saturated rings. The molecule has 0 unspecified atom stereocenters. The molecule has 0 aliphatic carbocycles. The number of hydrogen-bond donors (Lipinski definition) is 2. The number of hydrogen-bond acceptors (Lipinski definition) is 6. The Bertz CT molecular complexity index is 424. The average molecular weight is 241 g/mol. The van der Waals surface area contributed by atoms with E-state index in [9.17, 15) is 25.0 Å². The van der Waals surface area contributed by atoms with E-state index in [2.05, 4.69) is 0 Å². The predicted octanol–water partition coefficient (Wildman–Crippen LogP) is 0.390. The van der Waals surface area contributed by atoms with Gasteiger partial charge < -0.3 is 5.11 Å². The van der Waals surface area contributed by atoms with Gasteiger partial charge in [0, 0.05) is 5.69 Å². The number of nitro groups is 2. The van der Waals surface area contributed by atoms with E-state index in [0.29, 0.717) is 0 Å². The summed E-state index contributed by atoms with van der Waals surface area (Å²) in [7, 11) is 0. The summed E-state index contributed by atoms with van der Waals surface area (Å²) in [5, 5.41) is 31.7. The quantitative estimate of drug-likeness (QED) is 0.432. The van der Waals surface area contributed by atoms with Gasteiger partial charge in [0.25, 0.3) is 0 Å². The zero-order valence-electron chi connectivity index (χ0n) is 8.27. The molecule has 1 aromatic carbocycles. The maximum Gasteiger partial charge on any atom is 0.640 e. The maximum absolute atomic E-state index is 10.8. The lowest BCUT2D eigenvalue weighted by molar-refractivity contribution is -0.769. The molecule has 0 saturated heterocycles. The van der Waals surface area contributed by atoms with Crippen LogP contribution < -0.4 is 5.32 Å². The molecule has 0 aliphatic rings. The molecule has 0 radical (unpaired) electrons. The monoisotopic (exact) mass is 241 g/mol. The van der Waals surface area contributed by atoms with Crippen molar-refractivity contribution in [1.29, 1.82) is 0 Å². The van der Waals surface area contributed by atoms with E-state index in [1.54, 1.807) is 11.4 Å². The molecule has 1 rings (SSSR count). The summed E-state index contributed by atoms with van der Waals surface area (Å²) in [6.45, 7) is 0. The van der Waals surface area contributed by atoms with E-state index >= 15 is 0 Å². The molecule has 0 aromatic heterocycles. The standard InChI is InChI=1S/C8H7N3O6/c12-7(13)8(10(14)15,11(16)17)9-6-4-2-1-3-5-6/h1-5,9H,(H,12,13). The Labute approximate surface area is 94.0 Å². The zero-order chi connectivity index (χ0) is 13.1. The highest BCUT2D eigenvalue weighted by atomic mass is 16.7. The number of nitrogens with zero attached hydrogens (tertiary/aromatic N) is 2. The Hall–Kier alpha value is -2.71. The maximum atomic E-state index is 10.8. The minimum Gasteiger partial charge on any atom is -0.469 e. The predicted molar refractivity (Wildman–Crippen MR) is 54.4 cm³/mol. The molecule has 17 heavy (non-hydrogen) atoms. The number of carboxylic acid groups (broad SMARTS) is 1. The largest absolute Gasteiger partial charge is 0.640 e. The van der Waals surface area contributed by atoms with Crippen LogP contribution in [-0.4, -0.2) is 26.7 Å². The van der Waals surface area contributed by atoms with E-state index in [-0.39, 0.29) is 5.69 Å². The Morgan fingerprint density at radius 3 is 2.00 bits per heavy atom. The molecular weight excluding hydrogens is 234 g/mol. The zero-order valence-corrected chi connectivity index (χ0v) is 8.27. The first kappa shape index (κ1) is 12.4. The van der Waals surface area contributed by atoms with Gasteiger partial charge in [-0.25, -0.2) is 10.1 Å². The number of aliphatic carboxylic acids is 1. The lowest BCUT2D eigenvalue weighted by atomic mass is 10.3. The van der Waals surface area contributed by atoms with Crippen molar-refractivity contribution in [1.82, 2.24) is 0 Å². The Balaban J connectivity index is 3.21. The number of rotatable bonds is 5. The third kappa shape index (κ3) is 2.12. The van der Waals surface area contributed by atoms with Gasteiger partial charge in [0.15, 0.2) is 0 Å². The van der Waals surface area contributed by atoms with Crippen molar-refractivity contribution in [2.45, 2.75) is 5.79 Å². The van der Waals surface area contributed by atoms with Gasteiger partial charge in [-0.3, -0.25) is 20.2 Å². The number of carboxylic acids is 1. The van der Waals surface area contributed by atoms with E-state index < -0.39 is 21.6 Å². The molecule has 0 aliphatic heterocycles. The number of anilines is 1. The summed E-state index contributed by atoms with van der Waals surface area (Å²) in [6, 6.07) is 7.05. The summed E-state index contributed by atoms with van der Waals surface area (Å²) >= 11 is 0. The smallest absolute Gasteiger partial charge is 0.469 e. The van der Waals surface area contributed by atoms with Gasteiger partial charge in [-0.2, -0.15) is 0 Å². The van der Waals surface area contributed by atoms with Gasteiger partial charge in [0.05, 0.1) is 0 Å². The van der Waals surface area contributed by atoms with Gasteiger partial charge in [0.1, 0.15) is 9.85 Å². The van der Waals surface area contributed by atoms with Gasteiger partial charge in [-0.05, 0) is 12.1 Å². The number of nitrogens with one attached hydrogen (secondary N) is 1. The highest BCUT2D eigenvalue weighted by Crippen LogP contribution is 2.17. The van der Waals surface area contributed by atoms with Crippen molar-refractivity contribution >= 4 is 11.7 Å². The van der Waals surface area contributed by atoms with E-state index in [1.807, 2.05) is 0 Å². The SMILES string of the molecule is O=C(O)C(Nc1ccccc1)([N+](=O)[O-])[N+](=O)[O-]. The number of carbonyl (C=O) groups is 1. The molecule has 1 aromatic rings. The number of benzene rings is 1. The van der Waals surface area contributed by atoms with E-state index in [1.165, 1.54) is 24.3 Å². The first-order valence-corrected chi connectivity index (χ1v) is 4.27. The highest BCUT2D eigenvalue weighted by molar-refractivity contribution is 5.78. The van der Waals surface area contributed by atoms with Crippen molar-refractivity contribution < 1.29 is 19.7 Å². The molecule has 0 amide bonds. The van der Waals surface area contributed by atoms with Crippen LogP contribution in [0.3, 0.4) is 0 Å². The van der Waals surface area contributed by atoms with Crippen LogP contribution in [0.4, 0.5) is 5.69 Å². The average Bonchev–Trinajstić information content (AvgIpc) is 2.25. The summed E-state index contributed by atoms with van der Waals surface area (Å²) in [5.41, 5.74) is -0.0386. The fourth-order valence-corrected chi connectivity index (χ4v) is 1.09. The molecular formula is C8H7N3O6. The van der Waals surface area contributed by atoms with Crippen molar-refractivity contribution in [2.24, 2.45) is 0 Å². The summed E-state index contributed by atoms with van der Waals surface area (Å²) in [5.74, 6) is -5.68. The molecule has 0 atom stereocenters. The minimum atomic E-state index is -3.48. The number of para-hydroxylation sites is 1. The summed E-state index contributed by atoms with van der Waals surface area (Å²) in [6.07, 6.45) is 0. The highest BCUT2D eigenvalue weighted by Gasteiger charge is 2.66. The van der Waals surface area contributed by atoms with Gasteiger partial charge >= 0.3 is 11.8 Å². The second-order valence-corrected chi connectivity index (χ2v) is 2.98. The molecule has 90 valence electrons. The third-order valence-corrected chi connectivity index (χ3v) is 1.92. The van der Waals surface area contributed by atoms with Crippen LogP contribution in [0.15, 0.2) is 30.3 Å². The van der Waals surface area contributed by atoms with E-state index in [0.717, 1.165) is 0 Å². The molecule has 0 saturated carbocycles. The first-order valence-electron chi connectivity index (χ1n) is 4.27. The Kier molecular flexibility index (Phi) is 3.22. The summed E-state index contributed by atoms with van der Waals surface area (Å²) < 4.78 is 0. The van der Waals surface area contributed by atoms with E-state index in [4.69, 9.17) is 5.11 Å². The van der Waals surface area contributed by atoms with Crippen LogP contribution >= 0.6 is 0 Å². The second-order valence-electron chi connectivity index (χ2n) is 2.98. The molecule has 0 bridgehead atoms. The van der Waals surface area contributed by atoms with Gasteiger partial charge in [-0.1, -0.05) is 18.2 Å². The Morgan fingerprint density at radius 2 is 1.65 bits per heavy atom. The van der Waals surface area contributed by atoms with Crippen molar-refractivity contribution in [2.75, 3.05) is 5.32 Å². The molecule has 0 spiro atoms. The molecule has 9 nitrogen and oxygen atoms in total. The lowest BCUT2D eigenvalue weighted by Gasteiger charge is -2.14. The van der Waals surface area contributed by atoms with Crippen LogP contribution in [0.1, 0.15) is 0 Å². The van der Waals surface area contributed by atoms with Crippen LogP contribution in [0.25, 0.3) is 0 Å². The fourth-order valence-electron chi connectivity index (χ4n) is 1.09. The van der Waals surface area contributed by atoms with Crippen molar-refractivity contribution in [3.05, 3.63) is 50.6 Å². The first-order chi connectivity index (χ1) is 7.91. The van der Waals surface area contributed by atoms with Gasteiger partial charge in [-0.15, -0.1) is 0 Å². The normalized spacial score (nSPS) is 10.6.